The number of hydrogen-bond donors (Lipinski definition) is 1. The number of amides is 1. The van der Waals surface area contributed by atoms with Gasteiger partial charge in [0.2, 0.25) is 0 Å². The standard InChI is InChI=1S/C9H9NO2.ClH/c10-9(11)7-3-1-2-6-4-5-12-8(6)7;/h1-3H,4-5H2,(H2,10,11);1H. The monoisotopic (exact) mass is 199 g/mol. The van der Waals surface area contributed by atoms with E-state index in [9.17, 15) is 4.79 Å². The second kappa shape index (κ2) is 3.66. The van der Waals surface area contributed by atoms with Crippen molar-refractivity contribution in [3.63, 3.8) is 0 Å². The fraction of sp³-hybridized carbons (Fsp3) is 0.222. The van der Waals surface area contributed by atoms with Crippen molar-refractivity contribution < 1.29 is 9.53 Å². The normalized spacial score (nSPS) is 12.6. The van der Waals surface area contributed by atoms with Crippen LogP contribution in [-0.4, -0.2) is 12.5 Å². The number of carbonyl (C=O) groups is 1. The van der Waals surface area contributed by atoms with E-state index in [0.29, 0.717) is 17.9 Å². The van der Waals surface area contributed by atoms with E-state index in [1.165, 1.54) is 0 Å². The number of nitrogens with two attached hydrogens (primary N) is 1. The van der Waals surface area contributed by atoms with Gasteiger partial charge in [-0.05, 0) is 11.6 Å². The highest BCUT2D eigenvalue weighted by Gasteiger charge is 2.18. The summed E-state index contributed by atoms with van der Waals surface area (Å²) >= 11 is 0. The molecular weight excluding hydrogens is 190 g/mol. The van der Waals surface area contributed by atoms with Crippen molar-refractivity contribution in [1.82, 2.24) is 0 Å². The van der Waals surface area contributed by atoms with Crippen LogP contribution >= 0.6 is 12.4 Å². The molecule has 0 fully saturated rings. The molecule has 1 heterocycles. The number of para-hydroxylation sites is 1. The van der Waals surface area contributed by atoms with Crippen LogP contribution in [-0.2, 0) is 6.42 Å². The summed E-state index contributed by atoms with van der Waals surface area (Å²) in [7, 11) is 0. The van der Waals surface area contributed by atoms with Crippen LogP contribution < -0.4 is 10.5 Å². The molecule has 0 aromatic heterocycles. The summed E-state index contributed by atoms with van der Waals surface area (Å²) in [6.45, 7) is 0.652. The van der Waals surface area contributed by atoms with Crippen LogP contribution in [0.1, 0.15) is 15.9 Å². The Morgan fingerprint density at radius 2 is 2.23 bits per heavy atom. The van der Waals surface area contributed by atoms with E-state index in [4.69, 9.17) is 10.5 Å². The van der Waals surface area contributed by atoms with Crippen molar-refractivity contribution >= 4 is 18.3 Å². The van der Waals surface area contributed by atoms with Crippen molar-refractivity contribution in [2.24, 2.45) is 5.73 Å². The van der Waals surface area contributed by atoms with E-state index in [1.807, 2.05) is 12.1 Å². The molecule has 1 aromatic carbocycles. The van der Waals surface area contributed by atoms with Crippen LogP contribution in [0.4, 0.5) is 0 Å². The molecule has 3 nitrogen and oxygen atoms in total. The average molecular weight is 200 g/mol. The zero-order valence-electron chi connectivity index (χ0n) is 6.95. The van der Waals surface area contributed by atoms with Crippen molar-refractivity contribution in [1.29, 1.82) is 0 Å². The first-order valence-corrected chi connectivity index (χ1v) is 3.83. The first kappa shape index (κ1) is 9.86. The largest absolute Gasteiger partial charge is 0.492 e. The number of halogens is 1. The number of ether oxygens (including phenoxy) is 1. The molecule has 0 unspecified atom stereocenters. The lowest BCUT2D eigenvalue weighted by atomic mass is 10.1. The van der Waals surface area contributed by atoms with Crippen LogP contribution in [0.25, 0.3) is 0 Å². The van der Waals surface area contributed by atoms with Gasteiger partial charge in [0.15, 0.2) is 0 Å². The highest BCUT2D eigenvalue weighted by atomic mass is 35.5. The Bertz CT molecular complexity index is 338. The average Bonchev–Trinajstić information content (AvgIpc) is 2.49. The number of hydrogen-bond acceptors (Lipinski definition) is 2. The maximum Gasteiger partial charge on any atom is 0.252 e. The van der Waals surface area contributed by atoms with Gasteiger partial charge in [0.1, 0.15) is 5.75 Å². The smallest absolute Gasteiger partial charge is 0.252 e. The maximum absolute atomic E-state index is 10.9. The van der Waals surface area contributed by atoms with Crippen molar-refractivity contribution in [3.05, 3.63) is 29.3 Å². The van der Waals surface area contributed by atoms with Crippen LogP contribution in [0.2, 0.25) is 0 Å². The lowest BCUT2D eigenvalue weighted by Crippen LogP contribution is -2.12. The fourth-order valence-electron chi connectivity index (χ4n) is 1.41. The fourth-order valence-corrected chi connectivity index (χ4v) is 1.41. The Labute approximate surface area is 82.3 Å². The SMILES string of the molecule is Cl.NC(=O)c1cccc2c1OCC2. The predicted molar refractivity (Wildman–Crippen MR) is 51.4 cm³/mol. The Balaban J connectivity index is 0.000000845. The van der Waals surface area contributed by atoms with E-state index < -0.39 is 5.91 Å². The third-order valence-corrected chi connectivity index (χ3v) is 1.98. The van der Waals surface area contributed by atoms with Gasteiger partial charge in [-0.2, -0.15) is 0 Å². The molecule has 1 aliphatic rings. The Morgan fingerprint density at radius 3 is 2.92 bits per heavy atom. The molecule has 0 atom stereocenters. The minimum atomic E-state index is -0.422. The molecule has 1 amide bonds. The zero-order chi connectivity index (χ0) is 8.55. The molecule has 0 saturated carbocycles. The summed E-state index contributed by atoms with van der Waals surface area (Å²) < 4.78 is 5.29. The van der Waals surface area contributed by atoms with E-state index in [0.717, 1.165) is 12.0 Å². The summed E-state index contributed by atoms with van der Waals surface area (Å²) in [6, 6.07) is 5.47. The highest BCUT2D eigenvalue weighted by molar-refractivity contribution is 5.96. The summed E-state index contributed by atoms with van der Waals surface area (Å²) in [4.78, 5) is 10.9. The van der Waals surface area contributed by atoms with Crippen LogP contribution in [0.15, 0.2) is 18.2 Å². The molecule has 2 N–H and O–H groups in total. The van der Waals surface area contributed by atoms with Gasteiger partial charge in [0.05, 0.1) is 12.2 Å². The van der Waals surface area contributed by atoms with Gasteiger partial charge < -0.3 is 10.5 Å². The second-order valence-corrected chi connectivity index (χ2v) is 2.76. The molecule has 1 aromatic rings. The van der Waals surface area contributed by atoms with Crippen LogP contribution in [0.3, 0.4) is 0 Å². The molecule has 0 spiro atoms. The van der Waals surface area contributed by atoms with Gasteiger partial charge in [-0.15, -0.1) is 12.4 Å². The van der Waals surface area contributed by atoms with Gasteiger partial charge in [-0.25, -0.2) is 0 Å². The van der Waals surface area contributed by atoms with Gasteiger partial charge in [-0.3, -0.25) is 4.79 Å². The van der Waals surface area contributed by atoms with Gasteiger partial charge in [0.25, 0.3) is 5.91 Å². The predicted octanol–water partition coefficient (Wildman–Crippen LogP) is 1.14. The molecule has 70 valence electrons. The van der Waals surface area contributed by atoms with E-state index in [-0.39, 0.29) is 12.4 Å². The molecule has 0 bridgehead atoms. The number of benzene rings is 1. The van der Waals surface area contributed by atoms with E-state index in [2.05, 4.69) is 0 Å². The molecule has 1 aliphatic heterocycles. The molecular formula is C9H10ClNO2. The number of fused-ring (bicyclic) bond motifs is 1. The molecule has 4 heteroatoms. The van der Waals surface area contributed by atoms with Crippen molar-refractivity contribution in [2.75, 3.05) is 6.61 Å². The van der Waals surface area contributed by atoms with Crippen LogP contribution in [0, 0.1) is 0 Å². The summed E-state index contributed by atoms with van der Waals surface area (Å²) in [5.74, 6) is 0.249. The number of carbonyl (C=O) groups excluding carboxylic acids is 1. The molecule has 0 aliphatic carbocycles. The Kier molecular flexibility index (Phi) is 2.78. The molecule has 2 rings (SSSR count). The van der Waals surface area contributed by atoms with Gasteiger partial charge in [0, 0.05) is 6.42 Å². The topological polar surface area (TPSA) is 52.3 Å². The zero-order valence-corrected chi connectivity index (χ0v) is 7.76. The first-order chi connectivity index (χ1) is 5.79. The quantitative estimate of drug-likeness (QED) is 0.738. The van der Waals surface area contributed by atoms with Gasteiger partial charge >= 0.3 is 0 Å². The molecule has 13 heavy (non-hydrogen) atoms. The van der Waals surface area contributed by atoms with E-state index in [1.54, 1.807) is 6.07 Å². The second-order valence-electron chi connectivity index (χ2n) is 2.76. The minimum Gasteiger partial charge on any atom is -0.492 e. The lowest BCUT2D eigenvalue weighted by Gasteiger charge is -2.02. The summed E-state index contributed by atoms with van der Waals surface area (Å²) in [5.41, 5.74) is 6.73. The van der Waals surface area contributed by atoms with Crippen molar-refractivity contribution in [2.45, 2.75) is 6.42 Å². The number of rotatable bonds is 1. The van der Waals surface area contributed by atoms with E-state index >= 15 is 0 Å². The van der Waals surface area contributed by atoms with Gasteiger partial charge in [-0.1, -0.05) is 12.1 Å². The number of primary amides is 1. The maximum atomic E-state index is 10.9. The van der Waals surface area contributed by atoms with Crippen LogP contribution in [0.5, 0.6) is 5.75 Å². The third kappa shape index (κ3) is 1.60. The molecule has 0 saturated heterocycles. The lowest BCUT2D eigenvalue weighted by molar-refractivity contribution is 0.0997. The summed E-state index contributed by atoms with van der Waals surface area (Å²) in [5, 5.41) is 0. The Morgan fingerprint density at radius 1 is 1.46 bits per heavy atom. The minimum absolute atomic E-state index is 0. The third-order valence-electron chi connectivity index (χ3n) is 1.98. The first-order valence-electron chi connectivity index (χ1n) is 3.83. The molecule has 0 radical (unpaired) electrons. The summed E-state index contributed by atoms with van der Waals surface area (Å²) in [6.07, 6.45) is 0.871. The van der Waals surface area contributed by atoms with Crippen molar-refractivity contribution in [3.8, 4) is 5.75 Å². The highest BCUT2D eigenvalue weighted by Crippen LogP contribution is 2.28. The Hall–Kier alpha value is -1.22.